The Balaban J connectivity index is 1.61. The van der Waals surface area contributed by atoms with Crippen molar-refractivity contribution in [2.24, 2.45) is 5.92 Å². The van der Waals surface area contributed by atoms with Gasteiger partial charge in [-0.1, -0.05) is 56.5 Å². The van der Waals surface area contributed by atoms with Crippen LogP contribution in [0.4, 0.5) is 4.39 Å². The molecule has 1 aromatic heterocycles. The van der Waals surface area contributed by atoms with E-state index in [1.807, 2.05) is 29.3 Å². The smallest absolute Gasteiger partial charge is 0.278 e. The molecule has 0 aliphatic carbocycles. The van der Waals surface area contributed by atoms with E-state index in [9.17, 15) is 14.7 Å². The summed E-state index contributed by atoms with van der Waals surface area (Å²) in [6, 6.07) is 14.0. The molecule has 4 heterocycles. The third-order valence-corrected chi connectivity index (χ3v) is 9.14. The number of aromatic nitrogens is 1. The number of hydrogen-bond donors (Lipinski definition) is 1. The minimum absolute atomic E-state index is 0.0528. The van der Waals surface area contributed by atoms with E-state index in [2.05, 4.69) is 13.0 Å². The van der Waals surface area contributed by atoms with Gasteiger partial charge in [0.1, 0.15) is 18.0 Å². The number of benzene rings is 2. The largest absolute Gasteiger partial charge is 0.502 e. The number of halogens is 1. The second kappa shape index (κ2) is 9.56. The summed E-state index contributed by atoms with van der Waals surface area (Å²) in [7, 11) is 0. The number of unbranched alkanes of at least 4 members (excludes halogenated alkanes) is 1. The summed E-state index contributed by atoms with van der Waals surface area (Å²) in [6.45, 7) is 2.71. The molecule has 0 bridgehead atoms. The van der Waals surface area contributed by atoms with Crippen LogP contribution < -0.4 is 10.4 Å². The zero-order valence-electron chi connectivity index (χ0n) is 20.8. The van der Waals surface area contributed by atoms with Crippen LogP contribution in [0, 0.1) is 11.7 Å². The maximum absolute atomic E-state index is 15.8. The van der Waals surface area contributed by atoms with Gasteiger partial charge in [-0.15, -0.1) is 11.8 Å². The van der Waals surface area contributed by atoms with Crippen molar-refractivity contribution < 1.29 is 14.3 Å². The van der Waals surface area contributed by atoms with E-state index in [0.29, 0.717) is 23.8 Å². The molecule has 3 aliphatic rings. The minimum Gasteiger partial charge on any atom is -0.502 e. The van der Waals surface area contributed by atoms with Gasteiger partial charge in [-0.3, -0.25) is 19.3 Å². The van der Waals surface area contributed by atoms with E-state index < -0.39 is 17.2 Å². The van der Waals surface area contributed by atoms with Crippen LogP contribution in [0.1, 0.15) is 72.2 Å². The van der Waals surface area contributed by atoms with Crippen LogP contribution in [0.2, 0.25) is 0 Å². The first-order valence-corrected chi connectivity index (χ1v) is 14.0. The molecule has 0 spiro atoms. The van der Waals surface area contributed by atoms with Crippen LogP contribution in [0.15, 0.2) is 64.4 Å². The number of fused-ring (bicyclic) bond motifs is 4. The van der Waals surface area contributed by atoms with Crippen molar-refractivity contribution in [2.75, 3.05) is 11.6 Å². The molecule has 3 aliphatic heterocycles. The van der Waals surface area contributed by atoms with E-state index in [4.69, 9.17) is 0 Å². The Morgan fingerprint density at radius 3 is 2.78 bits per heavy atom. The number of thioether (sulfide) groups is 1. The van der Waals surface area contributed by atoms with Crippen molar-refractivity contribution in [3.8, 4) is 5.75 Å². The summed E-state index contributed by atoms with van der Waals surface area (Å²) in [4.78, 5) is 29.0. The average Bonchev–Trinajstić information content (AvgIpc) is 3.07. The van der Waals surface area contributed by atoms with Gasteiger partial charge in [0.15, 0.2) is 11.4 Å². The molecule has 192 valence electrons. The number of carbonyl (C=O) groups is 1. The molecular formula is C29H30FN3O3S. The molecule has 6 rings (SSSR count). The van der Waals surface area contributed by atoms with Gasteiger partial charge in [0.2, 0.25) is 5.43 Å². The van der Waals surface area contributed by atoms with E-state index in [0.717, 1.165) is 48.1 Å². The summed E-state index contributed by atoms with van der Waals surface area (Å²) in [6.07, 6.45) is 6.14. The van der Waals surface area contributed by atoms with Gasteiger partial charge < -0.3 is 10.0 Å². The Kier molecular flexibility index (Phi) is 6.23. The summed E-state index contributed by atoms with van der Waals surface area (Å²) in [5, 5.41) is 12.8. The number of carbonyl (C=O) groups excluding carboxylic acids is 1. The van der Waals surface area contributed by atoms with E-state index in [1.165, 1.54) is 12.1 Å². The maximum atomic E-state index is 15.8. The van der Waals surface area contributed by atoms with Crippen LogP contribution in [-0.2, 0) is 5.75 Å². The van der Waals surface area contributed by atoms with Crippen LogP contribution in [0.3, 0.4) is 0 Å². The summed E-state index contributed by atoms with van der Waals surface area (Å²) in [5.41, 5.74) is 1.78. The fourth-order valence-electron chi connectivity index (χ4n) is 6.18. The van der Waals surface area contributed by atoms with Crippen molar-refractivity contribution in [1.29, 1.82) is 0 Å². The van der Waals surface area contributed by atoms with Gasteiger partial charge in [-0.05, 0) is 42.0 Å². The quantitative estimate of drug-likeness (QED) is 0.500. The highest BCUT2D eigenvalue weighted by molar-refractivity contribution is 7.98. The fourth-order valence-corrected chi connectivity index (χ4v) is 7.26. The number of nitrogens with zero attached hydrogens (tertiary/aromatic N) is 3. The highest BCUT2D eigenvalue weighted by atomic mass is 32.2. The number of piperidine rings is 1. The zero-order chi connectivity index (χ0) is 25.7. The Labute approximate surface area is 219 Å². The highest BCUT2D eigenvalue weighted by Gasteiger charge is 2.47. The SMILES string of the molecule is CCCCC1CCN2C(=O)c3c(O)c(=O)ccn3N(C3c4ccccc4SCc4cccc(F)c43)C2C1. The van der Waals surface area contributed by atoms with Crippen LogP contribution in [0.25, 0.3) is 0 Å². The lowest BCUT2D eigenvalue weighted by Gasteiger charge is -2.53. The molecule has 0 saturated carbocycles. The van der Waals surface area contributed by atoms with Gasteiger partial charge in [0.05, 0.1) is 0 Å². The Morgan fingerprint density at radius 1 is 1.11 bits per heavy atom. The lowest BCUT2D eigenvalue weighted by molar-refractivity contribution is 0.0366. The summed E-state index contributed by atoms with van der Waals surface area (Å²) in [5.74, 6) is -0.150. The van der Waals surface area contributed by atoms with Crippen molar-refractivity contribution in [2.45, 2.75) is 61.9 Å². The monoisotopic (exact) mass is 519 g/mol. The summed E-state index contributed by atoms with van der Waals surface area (Å²) >= 11 is 1.67. The Hall–Kier alpha value is -3.26. The molecule has 6 nitrogen and oxygen atoms in total. The highest BCUT2D eigenvalue weighted by Crippen LogP contribution is 2.46. The summed E-state index contributed by atoms with van der Waals surface area (Å²) < 4.78 is 17.4. The van der Waals surface area contributed by atoms with E-state index in [-0.39, 0.29) is 23.6 Å². The number of hydrogen-bond acceptors (Lipinski definition) is 5. The van der Waals surface area contributed by atoms with Crippen molar-refractivity contribution >= 4 is 17.7 Å². The number of pyridine rings is 1. The van der Waals surface area contributed by atoms with Gasteiger partial charge in [-0.2, -0.15) is 0 Å². The number of amides is 1. The first-order chi connectivity index (χ1) is 18.0. The van der Waals surface area contributed by atoms with Crippen molar-refractivity contribution in [3.05, 3.63) is 93.2 Å². The van der Waals surface area contributed by atoms with Crippen LogP contribution in [0.5, 0.6) is 5.75 Å². The molecule has 3 atom stereocenters. The molecule has 1 saturated heterocycles. The second-order valence-electron chi connectivity index (χ2n) is 10.2. The molecule has 3 aromatic rings. The van der Waals surface area contributed by atoms with E-state index in [1.54, 1.807) is 33.6 Å². The van der Waals surface area contributed by atoms with E-state index >= 15 is 4.39 Å². The molecule has 0 radical (unpaired) electrons. The first kappa shape index (κ1) is 24.1. The first-order valence-electron chi connectivity index (χ1n) is 13.0. The van der Waals surface area contributed by atoms with Gasteiger partial charge in [0, 0.05) is 35.0 Å². The molecule has 2 aromatic carbocycles. The van der Waals surface area contributed by atoms with Crippen molar-refractivity contribution in [3.63, 3.8) is 0 Å². The van der Waals surface area contributed by atoms with Gasteiger partial charge in [0.25, 0.3) is 5.91 Å². The molecule has 1 amide bonds. The second-order valence-corrected chi connectivity index (χ2v) is 11.2. The lowest BCUT2D eigenvalue weighted by atomic mass is 9.87. The molecule has 1 fully saturated rings. The maximum Gasteiger partial charge on any atom is 0.278 e. The molecule has 1 N–H and O–H groups in total. The Bertz CT molecular complexity index is 1420. The third-order valence-electron chi connectivity index (χ3n) is 8.00. The fraction of sp³-hybridized carbons (Fsp3) is 0.379. The van der Waals surface area contributed by atoms with Crippen LogP contribution >= 0.6 is 11.8 Å². The van der Waals surface area contributed by atoms with Gasteiger partial charge >= 0.3 is 0 Å². The normalized spacial score (nSPS) is 22.5. The average molecular weight is 520 g/mol. The molecule has 37 heavy (non-hydrogen) atoms. The topological polar surface area (TPSA) is 65.8 Å². The standard InChI is InChI=1S/C29H30FN3O3S/c1-2-3-7-18-12-14-31-24(16-18)33(32-15-13-22(34)28(35)27(32)29(31)36)26-20-9-4-5-11-23(20)37-17-19-8-6-10-21(30)25(19)26/h4-6,8-11,13,15,18,24,26,35H,2-3,7,12,14,16-17H2,1H3. The predicted octanol–water partition coefficient (Wildman–Crippen LogP) is 5.41. The minimum atomic E-state index is -0.598. The van der Waals surface area contributed by atoms with Crippen LogP contribution in [-0.4, -0.2) is 33.3 Å². The molecule has 3 unspecified atom stereocenters. The Morgan fingerprint density at radius 2 is 1.95 bits per heavy atom. The predicted molar refractivity (Wildman–Crippen MR) is 142 cm³/mol. The lowest BCUT2D eigenvalue weighted by Crippen LogP contribution is -2.64. The third kappa shape index (κ3) is 3.93. The molecule has 8 heteroatoms. The van der Waals surface area contributed by atoms with Crippen molar-refractivity contribution in [1.82, 2.24) is 9.58 Å². The molecular weight excluding hydrogens is 489 g/mol. The van der Waals surface area contributed by atoms with Gasteiger partial charge in [-0.25, -0.2) is 4.39 Å². The number of rotatable bonds is 4. The number of aromatic hydroxyl groups is 1. The zero-order valence-corrected chi connectivity index (χ0v) is 21.6.